The predicted octanol–water partition coefficient (Wildman–Crippen LogP) is 5.15. The van der Waals surface area contributed by atoms with Gasteiger partial charge in [-0.3, -0.25) is 0 Å². The second-order valence-corrected chi connectivity index (χ2v) is 5.52. The Morgan fingerprint density at radius 1 is 1.06 bits per heavy atom. The van der Waals surface area contributed by atoms with Crippen molar-refractivity contribution in [2.45, 2.75) is 6.92 Å². The van der Waals surface area contributed by atoms with Crippen LogP contribution in [0.3, 0.4) is 0 Å². The van der Waals surface area contributed by atoms with Crippen LogP contribution in [0.4, 0.5) is 0 Å². The molecule has 0 heterocycles. The van der Waals surface area contributed by atoms with Gasteiger partial charge in [0.05, 0.1) is 0 Å². The standard InChI is InChI=1S/C13H10BrIO/c1-9-12(14)3-2-4-13(9)16-11-7-5-10(15)6-8-11/h2-8H,1H3. The molecule has 3 heteroatoms. The number of halogens is 2. The summed E-state index contributed by atoms with van der Waals surface area (Å²) in [6.07, 6.45) is 0. The van der Waals surface area contributed by atoms with Crippen LogP contribution in [0.1, 0.15) is 5.56 Å². The normalized spacial score (nSPS) is 10.2. The van der Waals surface area contributed by atoms with Crippen molar-refractivity contribution in [3.05, 3.63) is 56.1 Å². The first-order valence-corrected chi connectivity index (χ1v) is 6.72. The minimum Gasteiger partial charge on any atom is -0.457 e. The highest BCUT2D eigenvalue weighted by atomic mass is 127. The van der Waals surface area contributed by atoms with Crippen LogP contribution in [0.2, 0.25) is 0 Å². The summed E-state index contributed by atoms with van der Waals surface area (Å²) in [6.45, 7) is 2.03. The highest BCUT2D eigenvalue weighted by Gasteiger charge is 2.03. The average molecular weight is 389 g/mol. The van der Waals surface area contributed by atoms with Crippen molar-refractivity contribution in [2.75, 3.05) is 0 Å². The zero-order valence-corrected chi connectivity index (χ0v) is 12.4. The number of rotatable bonds is 2. The van der Waals surface area contributed by atoms with E-state index in [1.807, 2.05) is 49.4 Å². The summed E-state index contributed by atoms with van der Waals surface area (Å²) >= 11 is 5.77. The Labute approximate surface area is 117 Å². The molecule has 82 valence electrons. The van der Waals surface area contributed by atoms with Gasteiger partial charge in [0.2, 0.25) is 0 Å². The van der Waals surface area contributed by atoms with Gasteiger partial charge >= 0.3 is 0 Å². The molecule has 0 fully saturated rings. The van der Waals surface area contributed by atoms with Gasteiger partial charge in [0.1, 0.15) is 11.5 Å². The van der Waals surface area contributed by atoms with E-state index in [0.29, 0.717) is 0 Å². The molecule has 0 unspecified atom stereocenters. The monoisotopic (exact) mass is 388 g/mol. The molecule has 0 aliphatic heterocycles. The van der Waals surface area contributed by atoms with Gasteiger partial charge in [0, 0.05) is 13.6 Å². The molecule has 2 aromatic rings. The quantitative estimate of drug-likeness (QED) is 0.646. The number of hydrogen-bond acceptors (Lipinski definition) is 1. The predicted molar refractivity (Wildman–Crippen MR) is 78.1 cm³/mol. The maximum atomic E-state index is 5.81. The Kier molecular flexibility index (Phi) is 3.86. The van der Waals surface area contributed by atoms with Gasteiger partial charge in [0.15, 0.2) is 0 Å². The van der Waals surface area contributed by atoms with Gasteiger partial charge in [0.25, 0.3) is 0 Å². The van der Waals surface area contributed by atoms with Crippen LogP contribution in [0.15, 0.2) is 46.9 Å². The Bertz CT molecular complexity index is 494. The molecular formula is C13H10BrIO. The molecular weight excluding hydrogens is 379 g/mol. The van der Waals surface area contributed by atoms with Crippen molar-refractivity contribution >= 4 is 38.5 Å². The summed E-state index contributed by atoms with van der Waals surface area (Å²) in [4.78, 5) is 0. The molecule has 0 N–H and O–H groups in total. The van der Waals surface area contributed by atoms with E-state index in [0.717, 1.165) is 21.5 Å². The Balaban J connectivity index is 2.27. The van der Waals surface area contributed by atoms with Crippen molar-refractivity contribution in [3.63, 3.8) is 0 Å². The van der Waals surface area contributed by atoms with Crippen LogP contribution >= 0.6 is 38.5 Å². The highest BCUT2D eigenvalue weighted by molar-refractivity contribution is 14.1. The fourth-order valence-corrected chi connectivity index (χ4v) is 2.04. The van der Waals surface area contributed by atoms with Gasteiger partial charge in [-0.25, -0.2) is 0 Å². The Morgan fingerprint density at radius 3 is 2.44 bits per heavy atom. The van der Waals surface area contributed by atoms with Crippen LogP contribution in [-0.4, -0.2) is 0 Å². The SMILES string of the molecule is Cc1c(Br)cccc1Oc1ccc(I)cc1. The summed E-state index contributed by atoms with van der Waals surface area (Å²) in [5, 5.41) is 0. The maximum Gasteiger partial charge on any atom is 0.131 e. The number of ether oxygens (including phenoxy) is 1. The van der Waals surface area contributed by atoms with E-state index in [1.165, 1.54) is 3.57 Å². The molecule has 1 nitrogen and oxygen atoms in total. The van der Waals surface area contributed by atoms with E-state index in [9.17, 15) is 0 Å². The number of hydrogen-bond donors (Lipinski definition) is 0. The van der Waals surface area contributed by atoms with Crippen LogP contribution in [0, 0.1) is 10.5 Å². The zero-order chi connectivity index (χ0) is 11.5. The lowest BCUT2D eigenvalue weighted by molar-refractivity contribution is 0.478. The van der Waals surface area contributed by atoms with E-state index in [4.69, 9.17) is 4.74 Å². The third-order valence-electron chi connectivity index (χ3n) is 2.26. The molecule has 0 radical (unpaired) electrons. The van der Waals surface area contributed by atoms with Crippen molar-refractivity contribution in [1.82, 2.24) is 0 Å². The molecule has 0 spiro atoms. The first-order chi connectivity index (χ1) is 7.66. The molecule has 16 heavy (non-hydrogen) atoms. The average Bonchev–Trinajstić information content (AvgIpc) is 2.28. The number of benzene rings is 2. The van der Waals surface area contributed by atoms with E-state index in [-0.39, 0.29) is 0 Å². The fourth-order valence-electron chi connectivity index (χ4n) is 1.33. The summed E-state index contributed by atoms with van der Waals surface area (Å²) in [6, 6.07) is 14.0. The van der Waals surface area contributed by atoms with Gasteiger partial charge in [-0.15, -0.1) is 0 Å². The molecule has 0 saturated heterocycles. The smallest absolute Gasteiger partial charge is 0.131 e. The molecule has 0 aliphatic rings. The molecule has 2 aromatic carbocycles. The summed E-state index contributed by atoms with van der Waals surface area (Å²) in [7, 11) is 0. The van der Waals surface area contributed by atoms with Crippen molar-refractivity contribution in [2.24, 2.45) is 0 Å². The second-order valence-electron chi connectivity index (χ2n) is 3.42. The van der Waals surface area contributed by atoms with Crippen LogP contribution < -0.4 is 4.74 Å². The molecule has 0 atom stereocenters. The first-order valence-electron chi connectivity index (χ1n) is 4.85. The van der Waals surface area contributed by atoms with Crippen molar-refractivity contribution in [3.8, 4) is 11.5 Å². The lowest BCUT2D eigenvalue weighted by atomic mass is 10.2. The Morgan fingerprint density at radius 2 is 1.75 bits per heavy atom. The summed E-state index contributed by atoms with van der Waals surface area (Å²) < 4.78 is 8.08. The van der Waals surface area contributed by atoms with Crippen molar-refractivity contribution < 1.29 is 4.74 Å². The van der Waals surface area contributed by atoms with Crippen LogP contribution in [-0.2, 0) is 0 Å². The maximum absolute atomic E-state index is 5.81. The molecule has 0 saturated carbocycles. The largest absolute Gasteiger partial charge is 0.457 e. The van der Waals surface area contributed by atoms with Crippen LogP contribution in [0.5, 0.6) is 11.5 Å². The van der Waals surface area contributed by atoms with Gasteiger partial charge in [-0.1, -0.05) is 22.0 Å². The van der Waals surface area contributed by atoms with Gasteiger partial charge in [-0.05, 0) is 65.9 Å². The molecule has 0 aliphatic carbocycles. The lowest BCUT2D eigenvalue weighted by Crippen LogP contribution is -1.88. The molecule has 0 aromatic heterocycles. The fraction of sp³-hybridized carbons (Fsp3) is 0.0769. The van der Waals surface area contributed by atoms with E-state index < -0.39 is 0 Å². The second kappa shape index (κ2) is 5.19. The summed E-state index contributed by atoms with van der Waals surface area (Å²) in [5.74, 6) is 1.75. The first kappa shape index (κ1) is 11.9. The van der Waals surface area contributed by atoms with Gasteiger partial charge < -0.3 is 4.74 Å². The third-order valence-corrected chi connectivity index (χ3v) is 3.84. The molecule has 0 bridgehead atoms. The lowest BCUT2D eigenvalue weighted by Gasteiger charge is -2.09. The Hall–Kier alpha value is -0.550. The van der Waals surface area contributed by atoms with E-state index in [2.05, 4.69) is 38.5 Å². The minimum absolute atomic E-state index is 0.863. The van der Waals surface area contributed by atoms with Crippen LogP contribution in [0.25, 0.3) is 0 Å². The topological polar surface area (TPSA) is 9.23 Å². The third kappa shape index (κ3) is 2.77. The van der Waals surface area contributed by atoms with Crippen molar-refractivity contribution in [1.29, 1.82) is 0 Å². The van der Waals surface area contributed by atoms with Gasteiger partial charge in [-0.2, -0.15) is 0 Å². The molecule has 0 amide bonds. The van der Waals surface area contributed by atoms with E-state index in [1.54, 1.807) is 0 Å². The summed E-state index contributed by atoms with van der Waals surface area (Å²) in [5.41, 5.74) is 1.11. The van der Waals surface area contributed by atoms with E-state index >= 15 is 0 Å². The zero-order valence-electron chi connectivity index (χ0n) is 8.71. The minimum atomic E-state index is 0.863. The highest BCUT2D eigenvalue weighted by Crippen LogP contribution is 2.29. The molecule has 2 rings (SSSR count).